The summed E-state index contributed by atoms with van der Waals surface area (Å²) in [6, 6.07) is 10.0. The van der Waals surface area contributed by atoms with Gasteiger partial charge in [-0.15, -0.1) is 0 Å². The van der Waals surface area contributed by atoms with Gasteiger partial charge in [0, 0.05) is 31.2 Å². The Kier molecular flexibility index (Phi) is 6.04. The zero-order chi connectivity index (χ0) is 20.5. The Morgan fingerprint density at radius 1 is 1.11 bits per heavy atom. The zero-order valence-corrected chi connectivity index (χ0v) is 16.9. The highest BCUT2D eigenvalue weighted by molar-refractivity contribution is 7.89. The van der Waals surface area contributed by atoms with E-state index in [4.69, 9.17) is 17.3 Å². The van der Waals surface area contributed by atoms with E-state index in [-0.39, 0.29) is 18.0 Å². The van der Waals surface area contributed by atoms with Crippen molar-refractivity contribution >= 4 is 27.5 Å². The smallest absolute Gasteiger partial charge is 0.243 e. The van der Waals surface area contributed by atoms with Crippen molar-refractivity contribution in [2.45, 2.75) is 17.9 Å². The fourth-order valence-corrected chi connectivity index (χ4v) is 4.85. The first-order valence-electron chi connectivity index (χ1n) is 8.75. The largest absolute Gasteiger partial charge is 0.368 e. The van der Waals surface area contributed by atoms with E-state index in [0.717, 1.165) is 6.07 Å². The van der Waals surface area contributed by atoms with Gasteiger partial charge in [-0.1, -0.05) is 29.8 Å². The number of carbonyl (C=O) groups is 1. The first-order chi connectivity index (χ1) is 13.2. The zero-order valence-electron chi connectivity index (χ0n) is 15.3. The number of hydrogen-bond donors (Lipinski definition) is 1. The number of benzene rings is 2. The molecule has 1 aliphatic rings. The van der Waals surface area contributed by atoms with Crippen LogP contribution >= 0.6 is 11.6 Å². The van der Waals surface area contributed by atoms with Crippen LogP contribution in [0.5, 0.6) is 0 Å². The highest BCUT2D eigenvalue weighted by Crippen LogP contribution is 2.26. The molecule has 0 unspecified atom stereocenters. The van der Waals surface area contributed by atoms with Crippen LogP contribution in [-0.4, -0.2) is 49.7 Å². The van der Waals surface area contributed by atoms with Gasteiger partial charge >= 0.3 is 0 Å². The monoisotopic (exact) mass is 425 g/mol. The van der Waals surface area contributed by atoms with Gasteiger partial charge in [-0.05, 0) is 42.3 Å². The van der Waals surface area contributed by atoms with Gasteiger partial charge in [0.05, 0.1) is 4.90 Å². The Labute approximate surface area is 168 Å². The lowest BCUT2D eigenvalue weighted by atomic mass is 10.0. The van der Waals surface area contributed by atoms with E-state index in [0.29, 0.717) is 29.2 Å². The van der Waals surface area contributed by atoms with Crippen molar-refractivity contribution in [1.82, 2.24) is 9.21 Å². The second kappa shape index (κ2) is 8.16. The molecular weight excluding hydrogens is 405 g/mol. The molecule has 1 aliphatic heterocycles. The van der Waals surface area contributed by atoms with Gasteiger partial charge in [0.25, 0.3) is 0 Å². The number of amides is 1. The molecule has 2 N–H and O–H groups in total. The SMILES string of the molecule is Cc1ccc(S(=O)(=O)N2CCN([C@H](C(N)=O)c3ccc(Cl)cc3)CC2)cc1F. The van der Waals surface area contributed by atoms with Gasteiger partial charge in [0.1, 0.15) is 11.9 Å². The molecule has 1 atom stereocenters. The Morgan fingerprint density at radius 2 is 1.71 bits per heavy atom. The lowest BCUT2D eigenvalue weighted by Crippen LogP contribution is -2.51. The molecule has 1 fully saturated rings. The van der Waals surface area contributed by atoms with Crippen LogP contribution in [0.15, 0.2) is 47.4 Å². The van der Waals surface area contributed by atoms with Gasteiger partial charge in [-0.2, -0.15) is 4.31 Å². The Bertz CT molecular complexity index is 974. The van der Waals surface area contributed by atoms with Crippen LogP contribution in [0, 0.1) is 12.7 Å². The van der Waals surface area contributed by atoms with E-state index in [2.05, 4.69) is 0 Å². The van der Waals surface area contributed by atoms with Crippen LogP contribution in [0.4, 0.5) is 4.39 Å². The van der Waals surface area contributed by atoms with E-state index in [1.54, 1.807) is 31.2 Å². The summed E-state index contributed by atoms with van der Waals surface area (Å²) >= 11 is 5.90. The molecule has 3 rings (SSSR count). The molecule has 6 nitrogen and oxygen atoms in total. The van der Waals surface area contributed by atoms with Crippen molar-refractivity contribution in [1.29, 1.82) is 0 Å². The van der Waals surface area contributed by atoms with Crippen molar-refractivity contribution in [3.8, 4) is 0 Å². The van der Waals surface area contributed by atoms with Gasteiger partial charge in [0.2, 0.25) is 15.9 Å². The maximum atomic E-state index is 13.8. The third-order valence-electron chi connectivity index (χ3n) is 4.87. The van der Waals surface area contributed by atoms with Crippen molar-refractivity contribution in [3.05, 3.63) is 64.4 Å². The van der Waals surface area contributed by atoms with E-state index in [1.165, 1.54) is 16.4 Å². The molecule has 1 amide bonds. The average Bonchev–Trinajstić information content (AvgIpc) is 2.66. The van der Waals surface area contributed by atoms with Crippen LogP contribution in [0.25, 0.3) is 0 Å². The maximum absolute atomic E-state index is 13.8. The Balaban J connectivity index is 1.76. The number of hydrogen-bond acceptors (Lipinski definition) is 4. The summed E-state index contributed by atoms with van der Waals surface area (Å²) in [6.45, 7) is 2.57. The summed E-state index contributed by atoms with van der Waals surface area (Å²) < 4.78 is 40.7. The molecule has 0 aliphatic carbocycles. The highest BCUT2D eigenvalue weighted by atomic mass is 35.5. The summed E-state index contributed by atoms with van der Waals surface area (Å²) in [5.41, 5.74) is 6.68. The second-order valence-corrected chi connectivity index (χ2v) is 9.08. The van der Waals surface area contributed by atoms with E-state index in [9.17, 15) is 17.6 Å². The number of primary amides is 1. The fraction of sp³-hybridized carbons (Fsp3) is 0.316. The van der Waals surface area contributed by atoms with Crippen molar-refractivity contribution < 1.29 is 17.6 Å². The van der Waals surface area contributed by atoms with E-state index < -0.39 is 27.8 Å². The summed E-state index contributed by atoms with van der Waals surface area (Å²) in [4.78, 5) is 13.8. The first-order valence-corrected chi connectivity index (χ1v) is 10.6. The summed E-state index contributed by atoms with van der Waals surface area (Å²) in [5, 5.41) is 0.549. The fourth-order valence-electron chi connectivity index (χ4n) is 3.29. The maximum Gasteiger partial charge on any atom is 0.243 e. The molecule has 2 aromatic carbocycles. The van der Waals surface area contributed by atoms with Crippen LogP contribution in [0.3, 0.4) is 0 Å². The number of sulfonamides is 1. The highest BCUT2D eigenvalue weighted by Gasteiger charge is 2.33. The van der Waals surface area contributed by atoms with Gasteiger partial charge in [-0.25, -0.2) is 12.8 Å². The number of aryl methyl sites for hydroxylation is 1. The molecule has 0 spiro atoms. The van der Waals surface area contributed by atoms with Crippen molar-refractivity contribution in [2.24, 2.45) is 5.73 Å². The lowest BCUT2D eigenvalue weighted by Gasteiger charge is -2.37. The molecule has 0 radical (unpaired) electrons. The molecule has 1 saturated heterocycles. The minimum absolute atomic E-state index is 0.0757. The summed E-state index contributed by atoms with van der Waals surface area (Å²) in [6.07, 6.45) is 0. The first kappa shape index (κ1) is 20.7. The number of piperazine rings is 1. The molecule has 0 bridgehead atoms. The van der Waals surface area contributed by atoms with Crippen molar-refractivity contribution in [2.75, 3.05) is 26.2 Å². The molecule has 0 aromatic heterocycles. The normalized spacial score (nSPS) is 17.4. The second-order valence-electron chi connectivity index (χ2n) is 6.71. The molecule has 28 heavy (non-hydrogen) atoms. The minimum atomic E-state index is -3.81. The minimum Gasteiger partial charge on any atom is -0.368 e. The topological polar surface area (TPSA) is 83.7 Å². The molecule has 150 valence electrons. The third kappa shape index (κ3) is 4.20. The molecular formula is C19H21ClFN3O3S. The number of carbonyl (C=O) groups excluding carboxylic acids is 1. The Hall–Kier alpha value is -2.00. The van der Waals surface area contributed by atoms with Crippen LogP contribution in [0.1, 0.15) is 17.2 Å². The predicted molar refractivity (Wildman–Crippen MR) is 105 cm³/mol. The van der Waals surface area contributed by atoms with Gasteiger partial charge < -0.3 is 5.73 Å². The van der Waals surface area contributed by atoms with Gasteiger partial charge in [-0.3, -0.25) is 9.69 Å². The summed E-state index contributed by atoms with van der Waals surface area (Å²) in [7, 11) is -3.81. The standard InChI is InChI=1S/C19H21ClFN3O3S/c1-13-2-7-16(12-17(13)21)28(26,27)24-10-8-23(9-11-24)18(19(22)25)14-3-5-15(20)6-4-14/h2-7,12,18H,8-11H2,1H3,(H2,22,25)/t18-/m0/s1. The van der Waals surface area contributed by atoms with Crippen molar-refractivity contribution in [3.63, 3.8) is 0 Å². The quantitative estimate of drug-likeness (QED) is 0.796. The molecule has 0 saturated carbocycles. The predicted octanol–water partition coefficient (Wildman–Crippen LogP) is 2.32. The third-order valence-corrected chi connectivity index (χ3v) is 7.02. The lowest BCUT2D eigenvalue weighted by molar-refractivity contribution is -0.124. The molecule has 9 heteroatoms. The number of rotatable bonds is 5. The Morgan fingerprint density at radius 3 is 2.25 bits per heavy atom. The number of nitrogens with two attached hydrogens (primary N) is 1. The molecule has 2 aromatic rings. The van der Waals surface area contributed by atoms with Crippen LogP contribution < -0.4 is 5.73 Å². The number of nitrogens with zero attached hydrogens (tertiary/aromatic N) is 2. The molecule has 1 heterocycles. The van der Waals surface area contributed by atoms with Crippen LogP contribution in [0.2, 0.25) is 5.02 Å². The van der Waals surface area contributed by atoms with Crippen LogP contribution in [-0.2, 0) is 14.8 Å². The number of halogens is 2. The summed E-state index contributed by atoms with van der Waals surface area (Å²) in [5.74, 6) is -1.07. The van der Waals surface area contributed by atoms with E-state index in [1.807, 2.05) is 4.90 Å². The van der Waals surface area contributed by atoms with E-state index >= 15 is 0 Å². The average molecular weight is 426 g/mol. The van der Waals surface area contributed by atoms with Gasteiger partial charge in [0.15, 0.2) is 0 Å².